The second-order valence-electron chi connectivity index (χ2n) is 4.46. The first kappa shape index (κ1) is 15.2. The quantitative estimate of drug-likeness (QED) is 0.851. The van der Waals surface area contributed by atoms with Gasteiger partial charge in [0.25, 0.3) is 0 Å². The van der Waals surface area contributed by atoms with Gasteiger partial charge in [0.15, 0.2) is 0 Å². The standard InChI is InChI=1S/C14H15BrFNO3/c15-11-2-3-13(16)10(7-11)1-4-14(19)17-5-6-20-12(8-17)9-18/h1-4,7,12,18H,5-6,8-9H2/b4-1+. The van der Waals surface area contributed by atoms with E-state index in [1.807, 2.05) is 0 Å². The van der Waals surface area contributed by atoms with E-state index in [9.17, 15) is 9.18 Å². The lowest BCUT2D eigenvalue weighted by atomic mass is 10.2. The summed E-state index contributed by atoms with van der Waals surface area (Å²) in [6.45, 7) is 1.10. The molecular weight excluding hydrogens is 329 g/mol. The molecule has 1 aliphatic rings. The van der Waals surface area contributed by atoms with Crippen LogP contribution in [0.3, 0.4) is 0 Å². The maximum Gasteiger partial charge on any atom is 0.246 e. The third-order valence-electron chi connectivity index (χ3n) is 3.02. The van der Waals surface area contributed by atoms with Crippen molar-refractivity contribution in [3.63, 3.8) is 0 Å². The van der Waals surface area contributed by atoms with Crippen molar-refractivity contribution in [2.45, 2.75) is 6.10 Å². The molecule has 0 aliphatic carbocycles. The van der Waals surface area contributed by atoms with Gasteiger partial charge in [-0.1, -0.05) is 15.9 Å². The molecular formula is C14H15BrFNO3. The Kier molecular flexibility index (Phi) is 5.28. The number of aliphatic hydroxyl groups excluding tert-OH is 1. The van der Waals surface area contributed by atoms with Gasteiger partial charge < -0.3 is 14.7 Å². The average molecular weight is 344 g/mol. The first-order valence-electron chi connectivity index (χ1n) is 6.24. The SMILES string of the molecule is O=C(/C=C/c1cc(Br)ccc1F)N1CCOC(CO)C1. The molecule has 0 bridgehead atoms. The maximum absolute atomic E-state index is 13.5. The van der Waals surface area contributed by atoms with E-state index in [4.69, 9.17) is 9.84 Å². The largest absolute Gasteiger partial charge is 0.394 e. The Labute approximate surface area is 125 Å². The number of hydrogen-bond acceptors (Lipinski definition) is 3. The number of benzene rings is 1. The number of carbonyl (C=O) groups excluding carboxylic acids is 1. The molecule has 0 radical (unpaired) electrons. The molecule has 1 atom stereocenters. The summed E-state index contributed by atoms with van der Waals surface area (Å²) in [6.07, 6.45) is 2.44. The summed E-state index contributed by atoms with van der Waals surface area (Å²) in [5.74, 6) is -0.599. The Morgan fingerprint density at radius 2 is 2.40 bits per heavy atom. The fraction of sp³-hybridized carbons (Fsp3) is 0.357. The van der Waals surface area contributed by atoms with Gasteiger partial charge in [0, 0.05) is 29.2 Å². The highest BCUT2D eigenvalue weighted by molar-refractivity contribution is 9.10. The van der Waals surface area contributed by atoms with Gasteiger partial charge in [0.1, 0.15) is 5.82 Å². The lowest BCUT2D eigenvalue weighted by Gasteiger charge is -2.31. The number of ether oxygens (including phenoxy) is 1. The fourth-order valence-electron chi connectivity index (χ4n) is 1.94. The Hall–Kier alpha value is -1.24. The zero-order valence-electron chi connectivity index (χ0n) is 10.8. The maximum atomic E-state index is 13.5. The molecule has 1 N–H and O–H groups in total. The molecule has 0 saturated carbocycles. The molecule has 108 valence electrons. The lowest BCUT2D eigenvalue weighted by molar-refractivity contribution is -0.134. The first-order chi connectivity index (χ1) is 9.60. The van der Waals surface area contributed by atoms with Crippen LogP contribution in [0, 0.1) is 5.82 Å². The molecule has 1 aliphatic heterocycles. The van der Waals surface area contributed by atoms with Crippen molar-refractivity contribution in [3.8, 4) is 0 Å². The van der Waals surface area contributed by atoms with Crippen molar-refractivity contribution in [1.29, 1.82) is 0 Å². The normalized spacial score (nSPS) is 19.6. The average Bonchev–Trinajstić information content (AvgIpc) is 2.48. The number of nitrogens with zero attached hydrogens (tertiary/aromatic N) is 1. The van der Waals surface area contributed by atoms with Crippen molar-refractivity contribution in [3.05, 3.63) is 40.1 Å². The number of carbonyl (C=O) groups is 1. The Bertz CT molecular complexity index is 521. The number of aliphatic hydroxyl groups is 1. The van der Waals surface area contributed by atoms with Gasteiger partial charge in [0.05, 0.1) is 19.3 Å². The zero-order valence-corrected chi connectivity index (χ0v) is 12.3. The Morgan fingerprint density at radius 1 is 1.60 bits per heavy atom. The summed E-state index contributed by atoms with van der Waals surface area (Å²) < 4.78 is 19.5. The molecule has 1 aromatic carbocycles. The number of hydrogen-bond donors (Lipinski definition) is 1. The van der Waals surface area contributed by atoms with Crippen LogP contribution in [0.1, 0.15) is 5.56 Å². The van der Waals surface area contributed by atoms with Crippen molar-refractivity contribution in [1.82, 2.24) is 4.90 Å². The number of amides is 1. The number of morpholine rings is 1. The van der Waals surface area contributed by atoms with Crippen molar-refractivity contribution in [2.75, 3.05) is 26.3 Å². The van der Waals surface area contributed by atoms with E-state index in [1.54, 1.807) is 17.0 Å². The first-order valence-corrected chi connectivity index (χ1v) is 7.04. The fourth-order valence-corrected chi connectivity index (χ4v) is 2.32. The number of halogens is 2. The van der Waals surface area contributed by atoms with E-state index in [-0.39, 0.29) is 24.4 Å². The van der Waals surface area contributed by atoms with Crippen LogP contribution in [0.15, 0.2) is 28.7 Å². The molecule has 1 heterocycles. The third kappa shape index (κ3) is 3.88. The van der Waals surface area contributed by atoms with Crippen molar-refractivity contribution in [2.24, 2.45) is 0 Å². The molecule has 2 rings (SSSR count). The van der Waals surface area contributed by atoms with Gasteiger partial charge >= 0.3 is 0 Å². The van der Waals surface area contributed by atoms with E-state index in [0.717, 1.165) is 4.47 Å². The van der Waals surface area contributed by atoms with Crippen LogP contribution in [0.25, 0.3) is 6.08 Å². The highest BCUT2D eigenvalue weighted by Crippen LogP contribution is 2.17. The molecule has 0 spiro atoms. The summed E-state index contributed by atoms with van der Waals surface area (Å²) in [7, 11) is 0. The van der Waals surface area contributed by atoms with Crippen LogP contribution in [0.2, 0.25) is 0 Å². The third-order valence-corrected chi connectivity index (χ3v) is 3.51. The summed E-state index contributed by atoms with van der Waals surface area (Å²) in [4.78, 5) is 13.6. The number of rotatable bonds is 3. The molecule has 6 heteroatoms. The predicted octanol–water partition coefficient (Wildman–Crippen LogP) is 1.82. The molecule has 1 fully saturated rings. The van der Waals surface area contributed by atoms with E-state index < -0.39 is 0 Å². The minimum absolute atomic E-state index is 0.117. The predicted molar refractivity (Wildman–Crippen MR) is 76.5 cm³/mol. The topological polar surface area (TPSA) is 49.8 Å². The molecule has 1 aromatic rings. The zero-order chi connectivity index (χ0) is 14.5. The molecule has 20 heavy (non-hydrogen) atoms. The monoisotopic (exact) mass is 343 g/mol. The van der Waals surface area contributed by atoms with E-state index in [2.05, 4.69) is 15.9 Å². The second-order valence-corrected chi connectivity index (χ2v) is 5.37. The van der Waals surface area contributed by atoms with Crippen LogP contribution in [-0.4, -0.2) is 48.3 Å². The van der Waals surface area contributed by atoms with Crippen LogP contribution < -0.4 is 0 Å². The smallest absolute Gasteiger partial charge is 0.246 e. The van der Waals surface area contributed by atoms with E-state index in [0.29, 0.717) is 25.3 Å². The minimum Gasteiger partial charge on any atom is -0.394 e. The van der Waals surface area contributed by atoms with Gasteiger partial charge in [-0.3, -0.25) is 4.79 Å². The van der Waals surface area contributed by atoms with Gasteiger partial charge in [-0.05, 0) is 24.3 Å². The lowest BCUT2D eigenvalue weighted by Crippen LogP contribution is -2.46. The van der Waals surface area contributed by atoms with Crippen molar-refractivity contribution >= 4 is 27.9 Å². The molecule has 4 nitrogen and oxygen atoms in total. The van der Waals surface area contributed by atoms with Crippen LogP contribution in [0.5, 0.6) is 0 Å². The molecule has 1 saturated heterocycles. The Morgan fingerprint density at radius 3 is 3.15 bits per heavy atom. The second kappa shape index (κ2) is 6.97. The van der Waals surface area contributed by atoms with Crippen LogP contribution >= 0.6 is 15.9 Å². The van der Waals surface area contributed by atoms with Crippen LogP contribution in [-0.2, 0) is 9.53 Å². The summed E-state index contributed by atoms with van der Waals surface area (Å²) in [5.41, 5.74) is 0.347. The highest BCUT2D eigenvalue weighted by atomic mass is 79.9. The van der Waals surface area contributed by atoms with Crippen LogP contribution in [0.4, 0.5) is 4.39 Å². The van der Waals surface area contributed by atoms with Crippen molar-refractivity contribution < 1.29 is 19.0 Å². The summed E-state index contributed by atoms with van der Waals surface area (Å²) >= 11 is 3.26. The highest BCUT2D eigenvalue weighted by Gasteiger charge is 2.22. The summed E-state index contributed by atoms with van der Waals surface area (Å²) in [6, 6.07) is 4.54. The molecule has 0 aromatic heterocycles. The van der Waals surface area contributed by atoms with Gasteiger partial charge in [-0.15, -0.1) is 0 Å². The van der Waals surface area contributed by atoms with Gasteiger partial charge in [-0.2, -0.15) is 0 Å². The van der Waals surface area contributed by atoms with E-state index >= 15 is 0 Å². The van der Waals surface area contributed by atoms with Gasteiger partial charge in [-0.25, -0.2) is 4.39 Å². The minimum atomic E-state index is -0.382. The molecule has 1 unspecified atom stereocenters. The Balaban J connectivity index is 2.03. The summed E-state index contributed by atoms with van der Waals surface area (Å²) in [5, 5.41) is 9.03. The molecule has 1 amide bonds. The van der Waals surface area contributed by atoms with Gasteiger partial charge in [0.2, 0.25) is 5.91 Å². The van der Waals surface area contributed by atoms with E-state index in [1.165, 1.54) is 18.2 Å².